The van der Waals surface area contributed by atoms with Gasteiger partial charge in [0, 0.05) is 17.5 Å². The maximum atomic E-state index is 10.3. The molecule has 6 nitrogen and oxygen atoms in total. The van der Waals surface area contributed by atoms with E-state index in [0.29, 0.717) is 36.0 Å². The van der Waals surface area contributed by atoms with Crippen LogP contribution in [0.4, 0.5) is 5.95 Å². The Hall–Kier alpha value is -2.21. The number of aryl methyl sites for hydroxylation is 1. The molecule has 2 saturated carbocycles. The number of anilines is 1. The molecule has 0 spiro atoms. The van der Waals surface area contributed by atoms with E-state index < -0.39 is 5.60 Å². The first kappa shape index (κ1) is 15.3. The van der Waals surface area contributed by atoms with E-state index in [9.17, 15) is 10.2 Å². The van der Waals surface area contributed by atoms with Gasteiger partial charge in [-0.05, 0) is 57.2 Å². The molecule has 3 N–H and O–H groups in total. The molecule has 1 aromatic heterocycles. The SMILES string of the molecule is Cc1ccc(-c2nnc(NC3CC(C)(O)C3)nc2C2CC2)c(O)c1. The molecule has 2 fully saturated rings. The maximum Gasteiger partial charge on any atom is 0.243 e. The van der Waals surface area contributed by atoms with Crippen LogP contribution in [-0.4, -0.2) is 37.0 Å². The van der Waals surface area contributed by atoms with Gasteiger partial charge in [0.25, 0.3) is 0 Å². The van der Waals surface area contributed by atoms with Gasteiger partial charge in [0.2, 0.25) is 5.95 Å². The van der Waals surface area contributed by atoms with Crippen LogP contribution in [-0.2, 0) is 0 Å². The molecule has 0 unspecified atom stereocenters. The Balaban J connectivity index is 1.63. The van der Waals surface area contributed by atoms with Crippen molar-refractivity contribution >= 4 is 5.95 Å². The van der Waals surface area contributed by atoms with Gasteiger partial charge in [-0.1, -0.05) is 6.07 Å². The molecule has 0 saturated heterocycles. The summed E-state index contributed by atoms with van der Waals surface area (Å²) in [7, 11) is 0. The first-order chi connectivity index (χ1) is 11.4. The van der Waals surface area contributed by atoms with Gasteiger partial charge in [0.05, 0.1) is 11.3 Å². The van der Waals surface area contributed by atoms with Crippen molar-refractivity contribution in [1.29, 1.82) is 0 Å². The molecule has 4 rings (SSSR count). The molecule has 2 aliphatic rings. The van der Waals surface area contributed by atoms with Gasteiger partial charge < -0.3 is 15.5 Å². The molecule has 2 aromatic rings. The molecular weight excluding hydrogens is 304 g/mol. The van der Waals surface area contributed by atoms with Crippen molar-refractivity contribution in [3.05, 3.63) is 29.5 Å². The van der Waals surface area contributed by atoms with E-state index in [0.717, 1.165) is 24.1 Å². The van der Waals surface area contributed by atoms with Gasteiger partial charge in [-0.2, -0.15) is 0 Å². The molecule has 6 heteroatoms. The standard InChI is InChI=1S/C18H22N4O2/c1-10-3-6-13(14(23)7-10)16-15(11-4-5-11)20-17(22-21-16)19-12-8-18(2,24)9-12/h3,6-7,11-12,23-24H,4-5,8-9H2,1-2H3,(H,19,20,22). The number of nitrogens with one attached hydrogen (secondary N) is 1. The van der Waals surface area contributed by atoms with E-state index in [1.807, 2.05) is 26.0 Å². The molecule has 0 atom stereocenters. The summed E-state index contributed by atoms with van der Waals surface area (Å²) in [6.45, 7) is 3.78. The number of aliphatic hydroxyl groups is 1. The van der Waals surface area contributed by atoms with Crippen LogP contribution >= 0.6 is 0 Å². The van der Waals surface area contributed by atoms with Crippen molar-refractivity contribution in [2.24, 2.45) is 0 Å². The number of aromatic nitrogens is 3. The first-order valence-corrected chi connectivity index (χ1v) is 8.45. The number of rotatable bonds is 4. The van der Waals surface area contributed by atoms with E-state index in [4.69, 9.17) is 0 Å². The van der Waals surface area contributed by atoms with Crippen molar-refractivity contribution in [3.8, 4) is 17.0 Å². The summed E-state index contributed by atoms with van der Waals surface area (Å²) in [6, 6.07) is 5.75. The van der Waals surface area contributed by atoms with E-state index in [-0.39, 0.29) is 11.8 Å². The van der Waals surface area contributed by atoms with Crippen molar-refractivity contribution in [2.45, 2.75) is 57.1 Å². The lowest BCUT2D eigenvalue weighted by Gasteiger charge is -2.41. The monoisotopic (exact) mass is 326 g/mol. The van der Waals surface area contributed by atoms with Crippen molar-refractivity contribution in [1.82, 2.24) is 15.2 Å². The first-order valence-electron chi connectivity index (χ1n) is 8.45. The summed E-state index contributed by atoms with van der Waals surface area (Å²) in [5.41, 5.74) is 2.66. The molecule has 1 heterocycles. The van der Waals surface area contributed by atoms with Crippen LogP contribution in [0.25, 0.3) is 11.3 Å². The Labute approximate surface area is 141 Å². The second-order valence-electron chi connectivity index (χ2n) is 7.41. The zero-order valence-electron chi connectivity index (χ0n) is 14.0. The van der Waals surface area contributed by atoms with Gasteiger partial charge in [-0.25, -0.2) is 4.98 Å². The van der Waals surface area contributed by atoms with Gasteiger partial charge in [-0.15, -0.1) is 10.2 Å². The van der Waals surface area contributed by atoms with Crippen LogP contribution in [0.5, 0.6) is 5.75 Å². The lowest BCUT2D eigenvalue weighted by molar-refractivity contribution is -0.0236. The predicted molar refractivity (Wildman–Crippen MR) is 90.9 cm³/mol. The number of benzene rings is 1. The highest BCUT2D eigenvalue weighted by Crippen LogP contribution is 2.44. The fourth-order valence-corrected chi connectivity index (χ4v) is 3.36. The van der Waals surface area contributed by atoms with Gasteiger partial charge in [0.15, 0.2) is 0 Å². The molecule has 1 aromatic carbocycles. The van der Waals surface area contributed by atoms with Crippen molar-refractivity contribution < 1.29 is 10.2 Å². The highest BCUT2D eigenvalue weighted by molar-refractivity contribution is 5.70. The van der Waals surface area contributed by atoms with Crippen molar-refractivity contribution in [3.63, 3.8) is 0 Å². The number of hydrogen-bond acceptors (Lipinski definition) is 6. The van der Waals surface area contributed by atoms with Crippen LogP contribution in [0, 0.1) is 6.92 Å². The third-order valence-electron chi connectivity index (χ3n) is 4.79. The van der Waals surface area contributed by atoms with Crippen LogP contribution in [0.15, 0.2) is 18.2 Å². The third-order valence-corrected chi connectivity index (χ3v) is 4.79. The zero-order valence-corrected chi connectivity index (χ0v) is 14.0. The Morgan fingerprint density at radius 1 is 1.21 bits per heavy atom. The molecule has 0 aliphatic heterocycles. The summed E-state index contributed by atoms with van der Waals surface area (Å²) in [6.07, 6.45) is 3.57. The summed E-state index contributed by atoms with van der Waals surface area (Å²) in [5, 5.41) is 31.9. The Morgan fingerprint density at radius 3 is 2.58 bits per heavy atom. The topological polar surface area (TPSA) is 91.2 Å². The smallest absolute Gasteiger partial charge is 0.243 e. The molecule has 0 amide bonds. The minimum atomic E-state index is -0.585. The van der Waals surface area contributed by atoms with Gasteiger partial charge >= 0.3 is 0 Å². The maximum absolute atomic E-state index is 10.3. The summed E-state index contributed by atoms with van der Waals surface area (Å²) < 4.78 is 0. The normalized spacial score (nSPS) is 26.0. The minimum Gasteiger partial charge on any atom is -0.507 e. The molecule has 0 radical (unpaired) electrons. The number of phenols is 1. The number of nitrogens with zero attached hydrogens (tertiary/aromatic N) is 3. The second kappa shape index (κ2) is 5.41. The van der Waals surface area contributed by atoms with Gasteiger partial charge in [0.1, 0.15) is 11.4 Å². The van der Waals surface area contributed by atoms with Crippen LogP contribution in [0.3, 0.4) is 0 Å². The van der Waals surface area contributed by atoms with E-state index in [1.165, 1.54) is 0 Å². The molecule has 24 heavy (non-hydrogen) atoms. The van der Waals surface area contributed by atoms with E-state index in [1.54, 1.807) is 6.07 Å². The largest absolute Gasteiger partial charge is 0.507 e. The minimum absolute atomic E-state index is 0.187. The number of phenolic OH excluding ortho intramolecular Hbond substituents is 1. The van der Waals surface area contributed by atoms with Gasteiger partial charge in [-0.3, -0.25) is 0 Å². The average molecular weight is 326 g/mol. The highest BCUT2D eigenvalue weighted by Gasteiger charge is 2.39. The Kier molecular flexibility index (Phi) is 3.46. The summed E-state index contributed by atoms with van der Waals surface area (Å²) >= 11 is 0. The predicted octanol–water partition coefficient (Wildman–Crippen LogP) is 2.76. The summed E-state index contributed by atoms with van der Waals surface area (Å²) in [5.74, 6) is 1.11. The lowest BCUT2D eigenvalue weighted by atomic mass is 9.77. The second-order valence-corrected chi connectivity index (χ2v) is 7.41. The van der Waals surface area contributed by atoms with Crippen LogP contribution in [0.1, 0.15) is 49.8 Å². The number of hydrogen-bond donors (Lipinski definition) is 3. The quantitative estimate of drug-likeness (QED) is 0.800. The van der Waals surface area contributed by atoms with Crippen LogP contribution < -0.4 is 5.32 Å². The fraction of sp³-hybridized carbons (Fsp3) is 0.500. The van der Waals surface area contributed by atoms with E-state index >= 15 is 0 Å². The zero-order chi connectivity index (χ0) is 16.9. The average Bonchev–Trinajstić information content (AvgIpc) is 3.30. The fourth-order valence-electron chi connectivity index (χ4n) is 3.36. The highest BCUT2D eigenvalue weighted by atomic mass is 16.3. The van der Waals surface area contributed by atoms with E-state index in [2.05, 4.69) is 20.5 Å². The Bertz CT molecular complexity index is 779. The van der Waals surface area contributed by atoms with Crippen molar-refractivity contribution in [2.75, 3.05) is 5.32 Å². The van der Waals surface area contributed by atoms with Crippen LogP contribution in [0.2, 0.25) is 0 Å². The Morgan fingerprint density at radius 2 is 1.96 bits per heavy atom. The molecule has 0 bridgehead atoms. The molecule has 2 aliphatic carbocycles. The number of aromatic hydroxyl groups is 1. The third kappa shape index (κ3) is 2.94. The lowest BCUT2D eigenvalue weighted by Crippen LogP contribution is -2.48. The molecular formula is C18H22N4O2. The summed E-state index contributed by atoms with van der Waals surface area (Å²) in [4.78, 5) is 4.67. The molecule has 126 valence electrons.